The Morgan fingerprint density at radius 2 is 2.06 bits per heavy atom. The van der Waals surface area contributed by atoms with Gasteiger partial charge in [-0.15, -0.1) is 0 Å². The van der Waals surface area contributed by atoms with E-state index in [0.29, 0.717) is 12.0 Å². The van der Waals surface area contributed by atoms with Gasteiger partial charge in [0.1, 0.15) is 5.75 Å². The molecule has 0 bridgehead atoms. The van der Waals surface area contributed by atoms with Gasteiger partial charge in [0.05, 0.1) is 19.7 Å². The third-order valence-electron chi connectivity index (χ3n) is 3.75. The van der Waals surface area contributed by atoms with Crippen LogP contribution in [-0.2, 0) is 0 Å². The molecule has 1 fully saturated rings. The first-order chi connectivity index (χ1) is 8.78. The number of hydrogen-bond acceptors (Lipinski definition) is 4. The summed E-state index contributed by atoms with van der Waals surface area (Å²) in [5.41, 5.74) is 7.25. The molecule has 18 heavy (non-hydrogen) atoms. The van der Waals surface area contributed by atoms with Crippen LogP contribution in [0.25, 0.3) is 0 Å². The number of methoxy groups -OCH3 is 1. The molecule has 1 aliphatic carbocycles. The molecule has 2 N–H and O–H groups in total. The lowest BCUT2D eigenvalue weighted by Gasteiger charge is -2.26. The fraction of sp³-hybridized carbons (Fsp3) is 0.500. The summed E-state index contributed by atoms with van der Waals surface area (Å²) in [6, 6.07) is 8.52. The molecule has 4 heteroatoms. The highest BCUT2D eigenvalue weighted by Crippen LogP contribution is 2.34. The summed E-state index contributed by atoms with van der Waals surface area (Å²) in [6.45, 7) is 1.82. The second kappa shape index (κ2) is 4.52. The molecule has 1 heterocycles. The zero-order chi connectivity index (χ0) is 12.5. The average Bonchev–Trinajstić information content (AvgIpc) is 3.15. The SMILES string of the molecule is COc1ccc(C2CN=C(N)N2CC2CC2)cc1. The lowest BCUT2D eigenvalue weighted by molar-refractivity contribution is 0.333. The number of rotatable bonds is 4. The van der Waals surface area contributed by atoms with Crippen LogP contribution in [0, 0.1) is 5.92 Å². The van der Waals surface area contributed by atoms with E-state index in [-0.39, 0.29) is 0 Å². The molecular weight excluding hydrogens is 226 g/mol. The maximum atomic E-state index is 5.99. The number of hydrogen-bond donors (Lipinski definition) is 1. The molecule has 0 radical (unpaired) electrons. The van der Waals surface area contributed by atoms with Crippen molar-refractivity contribution >= 4 is 5.96 Å². The summed E-state index contributed by atoms with van der Waals surface area (Å²) in [5.74, 6) is 2.40. The van der Waals surface area contributed by atoms with Gasteiger partial charge in [0, 0.05) is 6.54 Å². The second-order valence-electron chi connectivity index (χ2n) is 5.08. The molecule has 1 aromatic rings. The van der Waals surface area contributed by atoms with Crippen molar-refractivity contribution in [2.45, 2.75) is 18.9 Å². The van der Waals surface area contributed by atoms with Crippen molar-refractivity contribution in [1.29, 1.82) is 0 Å². The van der Waals surface area contributed by atoms with Crippen LogP contribution in [0.2, 0.25) is 0 Å². The number of ether oxygens (including phenoxy) is 1. The van der Waals surface area contributed by atoms with Gasteiger partial charge in [-0.05, 0) is 36.5 Å². The molecule has 0 spiro atoms. The molecule has 0 aromatic heterocycles. The Hall–Kier alpha value is -1.71. The van der Waals surface area contributed by atoms with E-state index < -0.39 is 0 Å². The molecule has 2 aliphatic rings. The maximum Gasteiger partial charge on any atom is 0.191 e. The van der Waals surface area contributed by atoms with Crippen LogP contribution in [-0.4, -0.2) is 31.1 Å². The first-order valence-corrected chi connectivity index (χ1v) is 6.48. The summed E-state index contributed by atoms with van der Waals surface area (Å²) in [5, 5.41) is 0. The normalized spacial score (nSPS) is 23.1. The summed E-state index contributed by atoms with van der Waals surface area (Å²) >= 11 is 0. The van der Waals surface area contributed by atoms with Crippen LogP contribution in [0.15, 0.2) is 29.3 Å². The number of nitrogens with two attached hydrogens (primary N) is 1. The first-order valence-electron chi connectivity index (χ1n) is 6.48. The van der Waals surface area contributed by atoms with Gasteiger partial charge in [-0.1, -0.05) is 12.1 Å². The van der Waals surface area contributed by atoms with Crippen LogP contribution in [0.4, 0.5) is 0 Å². The molecule has 96 valence electrons. The van der Waals surface area contributed by atoms with Crippen molar-refractivity contribution in [1.82, 2.24) is 4.90 Å². The third-order valence-corrected chi connectivity index (χ3v) is 3.75. The Labute approximate surface area is 107 Å². The summed E-state index contributed by atoms with van der Waals surface area (Å²) in [7, 11) is 1.69. The minimum atomic E-state index is 0.302. The average molecular weight is 245 g/mol. The van der Waals surface area contributed by atoms with Gasteiger partial charge in [-0.25, -0.2) is 0 Å². The molecule has 0 saturated heterocycles. The molecule has 1 aromatic carbocycles. The van der Waals surface area contributed by atoms with Crippen molar-refractivity contribution < 1.29 is 4.74 Å². The van der Waals surface area contributed by atoms with Crippen LogP contribution < -0.4 is 10.5 Å². The molecule has 1 saturated carbocycles. The van der Waals surface area contributed by atoms with Crippen molar-refractivity contribution in [3.8, 4) is 5.75 Å². The quantitative estimate of drug-likeness (QED) is 0.879. The predicted octanol–water partition coefficient (Wildman–Crippen LogP) is 1.78. The van der Waals surface area contributed by atoms with Gasteiger partial charge < -0.3 is 15.4 Å². The summed E-state index contributed by atoms with van der Waals surface area (Å²) in [4.78, 5) is 6.64. The Morgan fingerprint density at radius 3 is 2.67 bits per heavy atom. The van der Waals surface area contributed by atoms with Crippen LogP contribution in [0.3, 0.4) is 0 Å². The largest absolute Gasteiger partial charge is 0.497 e. The Balaban J connectivity index is 1.77. The van der Waals surface area contributed by atoms with Gasteiger partial charge in [0.15, 0.2) is 5.96 Å². The van der Waals surface area contributed by atoms with Crippen LogP contribution in [0.5, 0.6) is 5.75 Å². The smallest absolute Gasteiger partial charge is 0.191 e. The van der Waals surface area contributed by atoms with Gasteiger partial charge in [-0.2, -0.15) is 0 Å². The highest BCUT2D eigenvalue weighted by atomic mass is 16.5. The summed E-state index contributed by atoms with van der Waals surface area (Å²) < 4.78 is 5.19. The van der Waals surface area contributed by atoms with Crippen molar-refractivity contribution in [2.24, 2.45) is 16.6 Å². The predicted molar refractivity (Wildman–Crippen MR) is 71.7 cm³/mol. The van der Waals surface area contributed by atoms with E-state index in [2.05, 4.69) is 22.0 Å². The zero-order valence-electron chi connectivity index (χ0n) is 10.7. The second-order valence-corrected chi connectivity index (χ2v) is 5.08. The molecule has 0 amide bonds. The number of nitrogens with zero attached hydrogens (tertiary/aromatic N) is 2. The highest BCUT2D eigenvalue weighted by molar-refractivity contribution is 5.80. The monoisotopic (exact) mass is 245 g/mol. The molecule has 4 nitrogen and oxygen atoms in total. The fourth-order valence-electron chi connectivity index (χ4n) is 2.44. The van der Waals surface area contributed by atoms with Gasteiger partial charge in [0.25, 0.3) is 0 Å². The maximum absolute atomic E-state index is 5.99. The molecule has 1 atom stereocenters. The van der Waals surface area contributed by atoms with E-state index in [1.165, 1.54) is 18.4 Å². The number of benzene rings is 1. The molecule has 3 rings (SSSR count). The first kappa shape index (κ1) is 11.4. The van der Waals surface area contributed by atoms with E-state index in [9.17, 15) is 0 Å². The Bertz CT molecular complexity index is 451. The van der Waals surface area contributed by atoms with Gasteiger partial charge >= 0.3 is 0 Å². The molecule has 1 unspecified atom stereocenters. The molecule has 1 aliphatic heterocycles. The Morgan fingerprint density at radius 1 is 1.33 bits per heavy atom. The van der Waals surface area contributed by atoms with E-state index in [4.69, 9.17) is 10.5 Å². The van der Waals surface area contributed by atoms with Gasteiger partial charge in [0.2, 0.25) is 0 Å². The zero-order valence-corrected chi connectivity index (χ0v) is 10.7. The third kappa shape index (κ3) is 2.15. The minimum absolute atomic E-state index is 0.302. The van der Waals surface area contributed by atoms with Crippen LogP contribution >= 0.6 is 0 Å². The van der Waals surface area contributed by atoms with Gasteiger partial charge in [-0.3, -0.25) is 4.99 Å². The lowest BCUT2D eigenvalue weighted by Crippen LogP contribution is -2.37. The topological polar surface area (TPSA) is 50.9 Å². The van der Waals surface area contributed by atoms with Crippen molar-refractivity contribution in [3.63, 3.8) is 0 Å². The van der Waals surface area contributed by atoms with E-state index >= 15 is 0 Å². The van der Waals surface area contributed by atoms with E-state index in [1.807, 2.05) is 12.1 Å². The summed E-state index contributed by atoms with van der Waals surface area (Å²) in [6.07, 6.45) is 2.66. The number of aliphatic imine (C=N–C) groups is 1. The van der Waals surface area contributed by atoms with Crippen LogP contribution in [0.1, 0.15) is 24.4 Å². The van der Waals surface area contributed by atoms with E-state index in [0.717, 1.165) is 24.8 Å². The number of guanidine groups is 1. The fourth-order valence-corrected chi connectivity index (χ4v) is 2.44. The van der Waals surface area contributed by atoms with Crippen molar-refractivity contribution in [2.75, 3.05) is 20.2 Å². The van der Waals surface area contributed by atoms with E-state index in [1.54, 1.807) is 7.11 Å². The van der Waals surface area contributed by atoms with Crippen molar-refractivity contribution in [3.05, 3.63) is 29.8 Å². The minimum Gasteiger partial charge on any atom is -0.497 e. The molecular formula is C14H19N3O. The Kier molecular flexibility index (Phi) is 2.86. The lowest BCUT2D eigenvalue weighted by atomic mass is 10.1. The standard InChI is InChI=1S/C14H19N3O/c1-18-12-6-4-11(5-7-12)13-8-16-14(15)17(13)9-10-2-3-10/h4-7,10,13H,2-3,8-9H2,1H3,(H2,15,16). The highest BCUT2D eigenvalue weighted by Gasteiger charge is 2.32.